The molecular formula is C23H20N2. The number of fused-ring (bicyclic) bond motifs is 3. The highest BCUT2D eigenvalue weighted by atomic mass is 15.2. The van der Waals surface area contributed by atoms with Gasteiger partial charge in [0.25, 0.3) is 0 Å². The fourth-order valence-corrected chi connectivity index (χ4v) is 4.40. The monoisotopic (exact) mass is 324 g/mol. The fraction of sp³-hybridized carbons (Fsp3) is 0.174. The van der Waals surface area contributed by atoms with Gasteiger partial charge in [0.2, 0.25) is 0 Å². The second-order valence-electron chi connectivity index (χ2n) is 7.12. The molecule has 25 heavy (non-hydrogen) atoms. The SMILES string of the molecule is Cc1ccccc1[C@@H]1n2c(nc3ccccc32)[C@@]1(C)c1ccccc1. The molecule has 1 aromatic heterocycles. The summed E-state index contributed by atoms with van der Waals surface area (Å²) < 4.78 is 2.42. The fourth-order valence-electron chi connectivity index (χ4n) is 4.40. The summed E-state index contributed by atoms with van der Waals surface area (Å²) >= 11 is 0. The molecule has 0 aliphatic carbocycles. The van der Waals surface area contributed by atoms with Crippen molar-refractivity contribution in [2.45, 2.75) is 25.3 Å². The van der Waals surface area contributed by atoms with Crippen molar-refractivity contribution in [1.82, 2.24) is 9.55 Å². The van der Waals surface area contributed by atoms with Gasteiger partial charge >= 0.3 is 0 Å². The third kappa shape index (κ3) is 1.82. The molecule has 0 amide bonds. The summed E-state index contributed by atoms with van der Waals surface area (Å²) in [6.07, 6.45) is 0. The van der Waals surface area contributed by atoms with Crippen LogP contribution in [0.5, 0.6) is 0 Å². The molecule has 0 bridgehead atoms. The zero-order valence-electron chi connectivity index (χ0n) is 14.5. The Labute approximate surface area is 147 Å². The Hall–Kier alpha value is -2.87. The summed E-state index contributed by atoms with van der Waals surface area (Å²) in [5.74, 6) is 1.16. The molecule has 0 N–H and O–H groups in total. The number of nitrogens with zero attached hydrogens (tertiary/aromatic N) is 2. The molecular weight excluding hydrogens is 304 g/mol. The number of imidazole rings is 1. The molecule has 0 spiro atoms. The molecule has 0 saturated heterocycles. The number of rotatable bonds is 2. The summed E-state index contributed by atoms with van der Waals surface area (Å²) in [6.45, 7) is 4.54. The minimum Gasteiger partial charge on any atom is -0.318 e. The van der Waals surface area contributed by atoms with Crippen molar-refractivity contribution < 1.29 is 0 Å². The lowest BCUT2D eigenvalue weighted by Gasteiger charge is -2.49. The minimum absolute atomic E-state index is 0.119. The summed E-state index contributed by atoms with van der Waals surface area (Å²) in [5, 5.41) is 0. The molecule has 2 heterocycles. The first-order valence-electron chi connectivity index (χ1n) is 8.80. The molecule has 2 heteroatoms. The Morgan fingerprint density at radius 1 is 0.840 bits per heavy atom. The first kappa shape index (κ1) is 14.5. The van der Waals surface area contributed by atoms with Gasteiger partial charge in [0.15, 0.2) is 0 Å². The topological polar surface area (TPSA) is 17.8 Å². The predicted octanol–water partition coefficient (Wildman–Crippen LogP) is 5.25. The zero-order valence-corrected chi connectivity index (χ0v) is 14.5. The largest absolute Gasteiger partial charge is 0.318 e. The van der Waals surface area contributed by atoms with E-state index in [2.05, 4.69) is 97.3 Å². The lowest BCUT2D eigenvalue weighted by Crippen LogP contribution is -2.48. The van der Waals surface area contributed by atoms with E-state index >= 15 is 0 Å². The molecule has 2 nitrogen and oxygen atoms in total. The average Bonchev–Trinajstić information content (AvgIpc) is 3.00. The van der Waals surface area contributed by atoms with Gasteiger partial charge in [-0.05, 0) is 42.7 Å². The van der Waals surface area contributed by atoms with Gasteiger partial charge in [-0.3, -0.25) is 0 Å². The summed E-state index contributed by atoms with van der Waals surface area (Å²) in [7, 11) is 0. The van der Waals surface area contributed by atoms with Crippen LogP contribution in [0.2, 0.25) is 0 Å². The van der Waals surface area contributed by atoms with Crippen LogP contribution in [0.25, 0.3) is 11.0 Å². The van der Waals surface area contributed by atoms with Crippen molar-refractivity contribution in [2.75, 3.05) is 0 Å². The van der Waals surface area contributed by atoms with E-state index in [1.165, 1.54) is 22.2 Å². The third-order valence-corrected chi connectivity index (χ3v) is 5.72. The standard InChI is InChI=1S/C23H20N2/c1-16-10-6-7-13-18(16)21-23(2,17-11-4-3-5-12-17)22-24-19-14-8-9-15-20(19)25(21)22/h3-15,21H,1-2H3/t21-,23-/m0/s1. The number of hydrogen-bond acceptors (Lipinski definition) is 1. The maximum atomic E-state index is 5.00. The van der Waals surface area contributed by atoms with E-state index in [4.69, 9.17) is 4.98 Å². The van der Waals surface area contributed by atoms with Crippen LogP contribution < -0.4 is 0 Å². The second-order valence-corrected chi connectivity index (χ2v) is 7.12. The summed E-state index contributed by atoms with van der Waals surface area (Å²) in [6, 6.07) is 28.2. The number of aryl methyl sites for hydroxylation is 1. The van der Waals surface area contributed by atoms with Crippen molar-refractivity contribution in [1.29, 1.82) is 0 Å². The highest BCUT2D eigenvalue weighted by molar-refractivity contribution is 5.79. The highest BCUT2D eigenvalue weighted by Crippen LogP contribution is 2.55. The van der Waals surface area contributed by atoms with Gasteiger partial charge in [-0.25, -0.2) is 4.98 Å². The van der Waals surface area contributed by atoms with Crippen molar-refractivity contribution in [3.63, 3.8) is 0 Å². The zero-order chi connectivity index (χ0) is 17.0. The van der Waals surface area contributed by atoms with Gasteiger partial charge in [0, 0.05) is 0 Å². The van der Waals surface area contributed by atoms with Gasteiger partial charge in [0.05, 0.1) is 22.5 Å². The molecule has 1 aliphatic heterocycles. The molecule has 0 saturated carbocycles. The van der Waals surface area contributed by atoms with Gasteiger partial charge < -0.3 is 4.57 Å². The van der Waals surface area contributed by atoms with Crippen molar-refractivity contribution in [3.8, 4) is 0 Å². The van der Waals surface area contributed by atoms with E-state index in [0.29, 0.717) is 0 Å². The van der Waals surface area contributed by atoms with Gasteiger partial charge in [-0.15, -0.1) is 0 Å². The maximum Gasteiger partial charge on any atom is 0.123 e. The van der Waals surface area contributed by atoms with Crippen LogP contribution in [0.4, 0.5) is 0 Å². The predicted molar refractivity (Wildman–Crippen MR) is 102 cm³/mol. The number of aromatic nitrogens is 2. The average molecular weight is 324 g/mol. The first-order chi connectivity index (χ1) is 12.2. The molecule has 0 radical (unpaired) electrons. The van der Waals surface area contributed by atoms with E-state index in [-0.39, 0.29) is 11.5 Å². The van der Waals surface area contributed by atoms with Crippen LogP contribution in [0.3, 0.4) is 0 Å². The third-order valence-electron chi connectivity index (χ3n) is 5.72. The quantitative estimate of drug-likeness (QED) is 0.492. The normalized spacial score (nSPS) is 21.8. The van der Waals surface area contributed by atoms with Gasteiger partial charge in [0.1, 0.15) is 5.82 Å². The van der Waals surface area contributed by atoms with Crippen molar-refractivity contribution in [2.24, 2.45) is 0 Å². The van der Waals surface area contributed by atoms with E-state index in [0.717, 1.165) is 11.3 Å². The lowest BCUT2D eigenvalue weighted by molar-refractivity contribution is 0.275. The number of benzene rings is 3. The first-order valence-corrected chi connectivity index (χ1v) is 8.80. The second kappa shape index (κ2) is 5.06. The molecule has 0 fully saturated rings. The number of hydrogen-bond donors (Lipinski definition) is 0. The van der Waals surface area contributed by atoms with E-state index in [9.17, 15) is 0 Å². The van der Waals surface area contributed by atoms with Crippen LogP contribution in [0.15, 0.2) is 78.9 Å². The van der Waals surface area contributed by atoms with Crippen molar-refractivity contribution >= 4 is 11.0 Å². The Morgan fingerprint density at radius 2 is 1.52 bits per heavy atom. The van der Waals surface area contributed by atoms with Crippen LogP contribution >= 0.6 is 0 Å². The molecule has 0 unspecified atom stereocenters. The summed E-state index contributed by atoms with van der Waals surface area (Å²) in [5.41, 5.74) is 6.22. The Morgan fingerprint density at radius 3 is 2.32 bits per heavy atom. The van der Waals surface area contributed by atoms with Crippen LogP contribution in [0, 0.1) is 6.92 Å². The van der Waals surface area contributed by atoms with Crippen LogP contribution in [0.1, 0.15) is 35.5 Å². The molecule has 1 aliphatic rings. The Balaban J connectivity index is 1.84. The van der Waals surface area contributed by atoms with Crippen LogP contribution in [-0.4, -0.2) is 9.55 Å². The molecule has 4 aromatic rings. The van der Waals surface area contributed by atoms with E-state index < -0.39 is 0 Å². The smallest absolute Gasteiger partial charge is 0.123 e. The molecule has 5 rings (SSSR count). The van der Waals surface area contributed by atoms with Crippen LogP contribution in [-0.2, 0) is 5.41 Å². The molecule has 122 valence electrons. The minimum atomic E-state index is -0.119. The molecule has 3 aromatic carbocycles. The van der Waals surface area contributed by atoms with Crippen molar-refractivity contribution in [3.05, 3.63) is 101 Å². The Kier molecular flexibility index (Phi) is 2.93. The maximum absolute atomic E-state index is 5.00. The lowest BCUT2D eigenvalue weighted by atomic mass is 9.66. The van der Waals surface area contributed by atoms with E-state index in [1.807, 2.05) is 0 Å². The van der Waals surface area contributed by atoms with E-state index in [1.54, 1.807) is 0 Å². The summed E-state index contributed by atoms with van der Waals surface area (Å²) in [4.78, 5) is 5.00. The van der Waals surface area contributed by atoms with Gasteiger partial charge in [-0.1, -0.05) is 66.7 Å². The highest BCUT2D eigenvalue weighted by Gasteiger charge is 2.53. The van der Waals surface area contributed by atoms with Gasteiger partial charge in [-0.2, -0.15) is 0 Å². The number of para-hydroxylation sites is 2. The Bertz CT molecular complexity index is 1080. The molecule has 2 atom stereocenters.